The van der Waals surface area contributed by atoms with Crippen LogP contribution in [0.15, 0.2) is 34.5 Å². The van der Waals surface area contributed by atoms with Gasteiger partial charge in [0, 0.05) is 36.7 Å². The van der Waals surface area contributed by atoms with E-state index in [1.54, 1.807) is 0 Å². The van der Waals surface area contributed by atoms with Crippen molar-refractivity contribution < 1.29 is 5.11 Å². The maximum atomic E-state index is 10.3. The van der Waals surface area contributed by atoms with Crippen LogP contribution in [0.4, 0.5) is 0 Å². The molecule has 0 bridgehead atoms. The third kappa shape index (κ3) is 4.45. The fourth-order valence-corrected chi connectivity index (χ4v) is 4.70. The summed E-state index contributed by atoms with van der Waals surface area (Å²) in [5.41, 5.74) is 7.07. The summed E-state index contributed by atoms with van der Waals surface area (Å²) in [4.78, 5) is 4.87. The number of halogens is 1. The number of piperidine rings is 2. The van der Waals surface area contributed by atoms with E-state index in [4.69, 9.17) is 17.3 Å². The van der Waals surface area contributed by atoms with Crippen LogP contribution in [-0.4, -0.2) is 64.4 Å². The predicted octanol–water partition coefficient (Wildman–Crippen LogP) is 2.25. The lowest BCUT2D eigenvalue weighted by atomic mass is 9.90. The maximum absolute atomic E-state index is 10.3. The van der Waals surface area contributed by atoms with Crippen LogP contribution in [0.5, 0.6) is 0 Å². The van der Waals surface area contributed by atoms with Gasteiger partial charge in [0.2, 0.25) is 0 Å². The summed E-state index contributed by atoms with van der Waals surface area (Å²) in [5, 5.41) is 19.2. The fraction of sp³-hybridized carbons (Fsp3) is 0.600. The van der Waals surface area contributed by atoms with E-state index in [1.165, 1.54) is 5.56 Å². The maximum Gasteiger partial charge on any atom is 0.135 e. The molecule has 3 aliphatic heterocycles. The summed E-state index contributed by atoms with van der Waals surface area (Å²) < 4.78 is 0. The number of nitrogens with zero attached hydrogens (tertiary/aromatic N) is 4. The van der Waals surface area contributed by atoms with E-state index in [2.05, 4.69) is 32.1 Å². The Hall–Kier alpha value is -1.63. The topological polar surface area (TPSA) is 77.5 Å². The second-order valence-corrected chi connectivity index (χ2v) is 8.35. The van der Waals surface area contributed by atoms with E-state index in [0.717, 1.165) is 62.6 Å². The Morgan fingerprint density at radius 3 is 2.48 bits per heavy atom. The number of benzene rings is 1. The van der Waals surface area contributed by atoms with Crippen LogP contribution >= 0.6 is 11.6 Å². The number of likely N-dealkylation sites (tertiary alicyclic amines) is 2. The molecule has 2 saturated heterocycles. The number of amidine groups is 2. The number of rotatable bonds is 3. The van der Waals surface area contributed by atoms with Gasteiger partial charge in [-0.15, -0.1) is 10.2 Å². The van der Waals surface area contributed by atoms with Gasteiger partial charge in [-0.3, -0.25) is 4.90 Å². The van der Waals surface area contributed by atoms with Gasteiger partial charge in [0.05, 0.1) is 12.5 Å². The van der Waals surface area contributed by atoms with Crippen molar-refractivity contribution in [2.75, 3.05) is 19.6 Å². The van der Waals surface area contributed by atoms with Gasteiger partial charge in [-0.1, -0.05) is 23.7 Å². The molecule has 3 N–H and O–H groups in total. The molecule has 3 aliphatic rings. The summed E-state index contributed by atoms with van der Waals surface area (Å²) in [6.07, 6.45) is 5.58. The molecule has 2 atom stereocenters. The second kappa shape index (κ2) is 8.17. The number of aliphatic hydroxyl groups is 1. The lowest BCUT2D eigenvalue weighted by Crippen LogP contribution is -2.55. The van der Waals surface area contributed by atoms with Crippen LogP contribution in [-0.2, 0) is 6.42 Å². The van der Waals surface area contributed by atoms with Gasteiger partial charge < -0.3 is 15.7 Å². The van der Waals surface area contributed by atoms with Crippen molar-refractivity contribution in [1.82, 2.24) is 9.80 Å². The fourth-order valence-electron chi connectivity index (χ4n) is 4.58. The summed E-state index contributed by atoms with van der Waals surface area (Å²) in [6, 6.07) is 9.16. The Kier molecular flexibility index (Phi) is 5.66. The first kappa shape index (κ1) is 18.7. The van der Waals surface area contributed by atoms with Crippen molar-refractivity contribution in [2.45, 2.75) is 56.7 Å². The van der Waals surface area contributed by atoms with Crippen LogP contribution < -0.4 is 5.73 Å². The molecule has 1 aromatic rings. The molecule has 2 fully saturated rings. The number of nitrogens with two attached hydrogens (primary N) is 1. The molecule has 0 radical (unpaired) electrons. The van der Waals surface area contributed by atoms with Crippen molar-refractivity contribution in [2.24, 2.45) is 15.9 Å². The zero-order valence-electron chi connectivity index (χ0n) is 15.6. The average molecular weight is 390 g/mol. The number of aliphatic hydroxyl groups excluding tert-OH is 1. The Bertz CT molecular complexity index is 712. The van der Waals surface area contributed by atoms with E-state index in [0.29, 0.717) is 24.3 Å². The summed E-state index contributed by atoms with van der Waals surface area (Å²) in [6.45, 7) is 2.74. The highest BCUT2D eigenvalue weighted by Gasteiger charge is 2.35. The number of hydrogen-bond acceptors (Lipinski definition) is 6. The molecule has 146 valence electrons. The van der Waals surface area contributed by atoms with Gasteiger partial charge in [-0.2, -0.15) is 0 Å². The van der Waals surface area contributed by atoms with Crippen LogP contribution in [0.2, 0.25) is 5.02 Å². The third-order valence-corrected chi connectivity index (χ3v) is 6.29. The summed E-state index contributed by atoms with van der Waals surface area (Å²) in [5.74, 6) is 1.61. The molecule has 0 aliphatic carbocycles. The minimum absolute atomic E-state index is 0.211. The lowest BCUT2D eigenvalue weighted by molar-refractivity contribution is -0.00456. The van der Waals surface area contributed by atoms with Crippen LogP contribution in [0.3, 0.4) is 0 Å². The van der Waals surface area contributed by atoms with Crippen molar-refractivity contribution in [3.63, 3.8) is 0 Å². The minimum Gasteiger partial charge on any atom is -0.392 e. The zero-order chi connectivity index (χ0) is 18.8. The van der Waals surface area contributed by atoms with Gasteiger partial charge in [0.1, 0.15) is 11.7 Å². The van der Waals surface area contributed by atoms with Crippen molar-refractivity contribution in [3.05, 3.63) is 34.9 Å². The Balaban J connectivity index is 1.38. The first-order valence-electron chi connectivity index (χ1n) is 9.90. The van der Waals surface area contributed by atoms with Crippen LogP contribution in [0.1, 0.15) is 37.7 Å². The normalized spacial score (nSPS) is 27.6. The molecule has 4 rings (SSSR count). The van der Waals surface area contributed by atoms with E-state index in [9.17, 15) is 5.11 Å². The second-order valence-electron chi connectivity index (χ2n) is 7.91. The summed E-state index contributed by atoms with van der Waals surface area (Å²) in [7, 11) is 0. The van der Waals surface area contributed by atoms with Gasteiger partial charge >= 0.3 is 0 Å². The molecule has 0 spiro atoms. The summed E-state index contributed by atoms with van der Waals surface area (Å²) >= 11 is 6.03. The molecule has 1 aromatic carbocycles. The molecule has 0 unspecified atom stereocenters. The van der Waals surface area contributed by atoms with Crippen molar-refractivity contribution in [3.8, 4) is 0 Å². The third-order valence-electron chi connectivity index (χ3n) is 6.04. The molecule has 0 saturated carbocycles. The van der Waals surface area contributed by atoms with Crippen molar-refractivity contribution >= 4 is 23.3 Å². The molecule has 7 heteroatoms. The van der Waals surface area contributed by atoms with Gasteiger partial charge in [-0.25, -0.2) is 0 Å². The molecule has 0 aromatic heterocycles. The number of β-amino-alcohol motifs (C(OH)–C–C–N with tert-alkyl or cyclic N) is 1. The molecular formula is C20H28ClN5O. The predicted molar refractivity (Wildman–Crippen MR) is 109 cm³/mol. The van der Waals surface area contributed by atoms with E-state index >= 15 is 0 Å². The Morgan fingerprint density at radius 2 is 1.81 bits per heavy atom. The van der Waals surface area contributed by atoms with E-state index < -0.39 is 0 Å². The van der Waals surface area contributed by atoms with Crippen LogP contribution in [0, 0.1) is 0 Å². The monoisotopic (exact) mass is 389 g/mol. The molecule has 27 heavy (non-hydrogen) atoms. The Morgan fingerprint density at radius 1 is 1.07 bits per heavy atom. The first-order chi connectivity index (χ1) is 13.1. The first-order valence-corrected chi connectivity index (χ1v) is 10.3. The molecular weight excluding hydrogens is 362 g/mol. The molecule has 0 amide bonds. The molecule has 6 nitrogen and oxygen atoms in total. The van der Waals surface area contributed by atoms with E-state index in [-0.39, 0.29) is 6.10 Å². The lowest BCUT2D eigenvalue weighted by Gasteiger charge is -2.46. The minimum atomic E-state index is -0.211. The SMILES string of the molecule is NC1=NN=C(N2CCC(N3C[C@H](O)CC[C@@H]3Cc3ccc(Cl)cc3)CC2)C1. The van der Waals surface area contributed by atoms with E-state index in [1.807, 2.05) is 12.1 Å². The average Bonchev–Trinajstić information content (AvgIpc) is 3.11. The molecule has 3 heterocycles. The highest BCUT2D eigenvalue weighted by Crippen LogP contribution is 2.28. The van der Waals surface area contributed by atoms with Crippen molar-refractivity contribution in [1.29, 1.82) is 0 Å². The number of hydrogen-bond donors (Lipinski definition) is 2. The van der Waals surface area contributed by atoms with Gasteiger partial charge in [0.15, 0.2) is 0 Å². The Labute approximate surface area is 165 Å². The quantitative estimate of drug-likeness (QED) is 0.831. The highest BCUT2D eigenvalue weighted by molar-refractivity contribution is 6.30. The smallest absolute Gasteiger partial charge is 0.135 e. The van der Waals surface area contributed by atoms with Gasteiger partial charge in [0.25, 0.3) is 0 Å². The zero-order valence-corrected chi connectivity index (χ0v) is 16.4. The van der Waals surface area contributed by atoms with Gasteiger partial charge in [-0.05, 0) is 49.8 Å². The van der Waals surface area contributed by atoms with Crippen LogP contribution in [0.25, 0.3) is 0 Å². The largest absolute Gasteiger partial charge is 0.392 e. The standard InChI is InChI=1S/C20H28ClN5O/c21-15-3-1-14(2-4-15)11-17-5-6-18(27)13-26(17)16-7-9-25(10-8-16)20-12-19(22)23-24-20/h1-4,16-18,27H,5-13H2,(H2,22,23)/t17-,18-/m1/s1. The highest BCUT2D eigenvalue weighted by atomic mass is 35.5.